The number of carbonyl (C=O) groups is 1. The first-order valence-corrected chi connectivity index (χ1v) is 6.86. The van der Waals surface area contributed by atoms with Crippen LogP contribution in [0.15, 0.2) is 29.2 Å². The van der Waals surface area contributed by atoms with Crippen LogP contribution in [-0.4, -0.2) is 32.7 Å². The number of hydrogen-bond acceptors (Lipinski definition) is 4. The second-order valence-corrected chi connectivity index (χ2v) is 6.37. The maximum atomic E-state index is 12.1. The highest BCUT2D eigenvalue weighted by Gasteiger charge is 2.36. The molecule has 0 saturated carbocycles. The van der Waals surface area contributed by atoms with Crippen molar-refractivity contribution in [3.05, 3.63) is 24.3 Å². The van der Waals surface area contributed by atoms with E-state index in [1.807, 2.05) is 0 Å². The first-order valence-electron chi connectivity index (χ1n) is 5.32. The number of nitrogens with two attached hydrogens (primary N) is 1. The molecule has 17 heavy (non-hydrogen) atoms. The zero-order valence-electron chi connectivity index (χ0n) is 9.46. The van der Waals surface area contributed by atoms with Crippen molar-refractivity contribution in [2.75, 3.05) is 18.0 Å². The van der Waals surface area contributed by atoms with Gasteiger partial charge in [0.05, 0.1) is 22.4 Å². The number of nitrogens with zero attached hydrogens (tertiary/aromatic N) is 1. The molecule has 0 fully saturated rings. The van der Waals surface area contributed by atoms with Crippen LogP contribution in [0.25, 0.3) is 0 Å². The third kappa shape index (κ3) is 1.83. The highest BCUT2D eigenvalue weighted by atomic mass is 32.2. The third-order valence-electron chi connectivity index (χ3n) is 2.91. The molecule has 1 aliphatic heterocycles. The predicted octanol–water partition coefficient (Wildman–Crippen LogP) is 0.154. The second-order valence-electron chi connectivity index (χ2n) is 4.03. The molecule has 1 atom stereocenters. The van der Waals surface area contributed by atoms with E-state index in [-0.39, 0.29) is 23.9 Å². The van der Waals surface area contributed by atoms with E-state index in [4.69, 9.17) is 5.73 Å². The highest BCUT2D eigenvalue weighted by Crippen LogP contribution is 2.33. The standard InChI is InChI=1S/C11H14N2O3S/c1-8-7-13(11(14)6-12)9-4-2-3-5-10(9)17(8,15)16/h2-5,8H,6-7,12H2,1H3. The Morgan fingerprint density at radius 2 is 2.12 bits per heavy atom. The topological polar surface area (TPSA) is 80.5 Å². The smallest absolute Gasteiger partial charge is 0.240 e. The normalized spacial score (nSPS) is 22.0. The summed E-state index contributed by atoms with van der Waals surface area (Å²) in [6, 6.07) is 6.52. The zero-order valence-corrected chi connectivity index (χ0v) is 10.3. The number of hydrogen-bond donors (Lipinski definition) is 1. The molecule has 0 radical (unpaired) electrons. The van der Waals surface area contributed by atoms with Crippen LogP contribution in [0.1, 0.15) is 6.92 Å². The molecule has 2 rings (SSSR count). The Labute approximate surface area is 100 Å². The van der Waals surface area contributed by atoms with E-state index in [0.29, 0.717) is 5.69 Å². The fourth-order valence-electron chi connectivity index (χ4n) is 1.94. The molecule has 6 heteroatoms. The molecule has 0 spiro atoms. The maximum absolute atomic E-state index is 12.1. The van der Waals surface area contributed by atoms with E-state index >= 15 is 0 Å². The van der Waals surface area contributed by atoms with Gasteiger partial charge >= 0.3 is 0 Å². The predicted molar refractivity (Wildman–Crippen MR) is 64.5 cm³/mol. The summed E-state index contributed by atoms with van der Waals surface area (Å²) in [6.07, 6.45) is 0. The van der Waals surface area contributed by atoms with Gasteiger partial charge in [0.25, 0.3) is 0 Å². The number of rotatable bonds is 1. The fourth-order valence-corrected chi connectivity index (χ4v) is 3.45. The summed E-state index contributed by atoms with van der Waals surface area (Å²) in [7, 11) is -3.33. The number of para-hydroxylation sites is 1. The minimum absolute atomic E-state index is 0.124. The molecule has 1 unspecified atom stereocenters. The van der Waals surface area contributed by atoms with Crippen LogP contribution >= 0.6 is 0 Å². The van der Waals surface area contributed by atoms with E-state index in [2.05, 4.69) is 0 Å². The average molecular weight is 254 g/mol. The van der Waals surface area contributed by atoms with Crippen molar-refractivity contribution >= 4 is 21.4 Å². The van der Waals surface area contributed by atoms with Gasteiger partial charge in [0, 0.05) is 6.54 Å². The summed E-state index contributed by atoms with van der Waals surface area (Å²) in [4.78, 5) is 13.3. The molecule has 1 aromatic rings. The van der Waals surface area contributed by atoms with Crippen molar-refractivity contribution in [1.29, 1.82) is 0 Å². The van der Waals surface area contributed by atoms with E-state index in [0.717, 1.165) is 0 Å². The summed E-state index contributed by atoms with van der Waals surface area (Å²) in [5, 5.41) is -0.604. The molecule has 0 bridgehead atoms. The summed E-state index contributed by atoms with van der Waals surface area (Å²) >= 11 is 0. The minimum atomic E-state index is -3.33. The number of benzene rings is 1. The number of sulfone groups is 1. The van der Waals surface area contributed by atoms with Crippen molar-refractivity contribution in [3.8, 4) is 0 Å². The first-order chi connectivity index (χ1) is 7.98. The van der Waals surface area contributed by atoms with E-state index < -0.39 is 15.1 Å². The molecule has 0 saturated heterocycles. The van der Waals surface area contributed by atoms with Crippen LogP contribution in [0.4, 0.5) is 5.69 Å². The molecule has 0 aliphatic carbocycles. The Hall–Kier alpha value is -1.40. The third-order valence-corrected chi connectivity index (χ3v) is 5.07. The molecule has 1 aliphatic rings. The largest absolute Gasteiger partial charge is 0.322 e. The lowest BCUT2D eigenvalue weighted by Gasteiger charge is -2.32. The van der Waals surface area contributed by atoms with Crippen molar-refractivity contribution in [3.63, 3.8) is 0 Å². The number of carbonyl (C=O) groups excluding carboxylic acids is 1. The Kier molecular flexibility index (Phi) is 2.92. The Bertz CT molecular complexity index is 554. The average Bonchev–Trinajstić information content (AvgIpc) is 2.33. The first kappa shape index (κ1) is 12.1. The van der Waals surface area contributed by atoms with Gasteiger partial charge in [-0.2, -0.15) is 0 Å². The Balaban J connectivity index is 2.61. The van der Waals surface area contributed by atoms with Gasteiger partial charge in [0.1, 0.15) is 0 Å². The number of fused-ring (bicyclic) bond motifs is 1. The number of amides is 1. The lowest BCUT2D eigenvalue weighted by molar-refractivity contribution is -0.117. The van der Waals surface area contributed by atoms with Gasteiger partial charge in [-0.25, -0.2) is 8.42 Å². The molecular formula is C11H14N2O3S. The fraction of sp³-hybridized carbons (Fsp3) is 0.364. The van der Waals surface area contributed by atoms with Crippen LogP contribution < -0.4 is 10.6 Å². The molecule has 1 aromatic carbocycles. The monoisotopic (exact) mass is 254 g/mol. The molecular weight excluding hydrogens is 240 g/mol. The van der Waals surface area contributed by atoms with E-state index in [1.165, 1.54) is 11.0 Å². The summed E-state index contributed by atoms with van der Waals surface area (Å²) in [5.41, 5.74) is 5.76. The summed E-state index contributed by atoms with van der Waals surface area (Å²) in [5.74, 6) is -0.265. The van der Waals surface area contributed by atoms with Crippen LogP contribution in [-0.2, 0) is 14.6 Å². The molecule has 1 heterocycles. The van der Waals surface area contributed by atoms with Crippen LogP contribution in [0.3, 0.4) is 0 Å². The van der Waals surface area contributed by atoms with Gasteiger partial charge in [0.15, 0.2) is 9.84 Å². The minimum Gasteiger partial charge on any atom is -0.322 e. The van der Waals surface area contributed by atoms with Crippen LogP contribution in [0.5, 0.6) is 0 Å². The maximum Gasteiger partial charge on any atom is 0.240 e. The molecule has 0 aromatic heterocycles. The molecule has 2 N–H and O–H groups in total. The summed E-state index contributed by atoms with van der Waals surface area (Å²) in [6.45, 7) is 1.64. The van der Waals surface area contributed by atoms with Gasteiger partial charge in [0.2, 0.25) is 5.91 Å². The summed E-state index contributed by atoms with van der Waals surface area (Å²) < 4.78 is 24.2. The van der Waals surface area contributed by atoms with E-state index in [1.54, 1.807) is 25.1 Å². The van der Waals surface area contributed by atoms with Crippen LogP contribution in [0, 0.1) is 0 Å². The number of anilines is 1. The van der Waals surface area contributed by atoms with Crippen molar-refractivity contribution < 1.29 is 13.2 Å². The Morgan fingerprint density at radius 1 is 1.47 bits per heavy atom. The van der Waals surface area contributed by atoms with Gasteiger partial charge in [-0.05, 0) is 19.1 Å². The van der Waals surface area contributed by atoms with Crippen molar-refractivity contribution in [2.24, 2.45) is 5.73 Å². The molecule has 5 nitrogen and oxygen atoms in total. The van der Waals surface area contributed by atoms with Crippen molar-refractivity contribution in [2.45, 2.75) is 17.1 Å². The van der Waals surface area contributed by atoms with Gasteiger partial charge in [-0.15, -0.1) is 0 Å². The van der Waals surface area contributed by atoms with Crippen molar-refractivity contribution in [1.82, 2.24) is 0 Å². The second kappa shape index (κ2) is 4.12. The van der Waals surface area contributed by atoms with Crippen LogP contribution in [0.2, 0.25) is 0 Å². The molecule has 1 amide bonds. The molecule has 92 valence electrons. The highest BCUT2D eigenvalue weighted by molar-refractivity contribution is 7.92. The zero-order chi connectivity index (χ0) is 12.6. The lowest BCUT2D eigenvalue weighted by atomic mass is 10.2. The Morgan fingerprint density at radius 3 is 2.76 bits per heavy atom. The van der Waals surface area contributed by atoms with Gasteiger partial charge in [-0.3, -0.25) is 4.79 Å². The lowest BCUT2D eigenvalue weighted by Crippen LogP contribution is -2.46. The van der Waals surface area contributed by atoms with Gasteiger partial charge in [-0.1, -0.05) is 12.1 Å². The quantitative estimate of drug-likeness (QED) is 0.773. The SMILES string of the molecule is CC1CN(C(=O)CN)c2ccccc2S1(=O)=O. The van der Waals surface area contributed by atoms with E-state index in [9.17, 15) is 13.2 Å². The van der Waals surface area contributed by atoms with Gasteiger partial charge < -0.3 is 10.6 Å².